The van der Waals surface area contributed by atoms with Crippen molar-refractivity contribution in [1.29, 1.82) is 0 Å². The van der Waals surface area contributed by atoms with Gasteiger partial charge in [-0.2, -0.15) is 0 Å². The standard InChI is InChI=1S/C15H19ClN2O3S/c1-19-5-4-18-14-3-2-11(16)8-13(14)17-15(18)22-10-12-9-20-6-7-21-12/h2-3,8,12H,4-7,9-10H2,1H3. The normalized spacial score (nSPS) is 18.9. The molecule has 0 bridgehead atoms. The van der Waals surface area contributed by atoms with Crippen molar-refractivity contribution in [2.45, 2.75) is 17.8 Å². The Morgan fingerprint density at radius 3 is 3.14 bits per heavy atom. The lowest BCUT2D eigenvalue weighted by Gasteiger charge is -2.22. The van der Waals surface area contributed by atoms with E-state index in [1.165, 1.54) is 0 Å². The lowest BCUT2D eigenvalue weighted by atomic mass is 10.3. The number of rotatable bonds is 6. The molecule has 1 saturated heterocycles. The minimum atomic E-state index is 0.123. The van der Waals surface area contributed by atoms with Crippen LogP contribution in [-0.4, -0.2) is 54.9 Å². The Hall–Kier alpha value is -0.790. The minimum absolute atomic E-state index is 0.123. The maximum absolute atomic E-state index is 6.07. The summed E-state index contributed by atoms with van der Waals surface area (Å²) in [7, 11) is 1.70. The fraction of sp³-hybridized carbons (Fsp3) is 0.533. The number of hydrogen-bond donors (Lipinski definition) is 0. The summed E-state index contributed by atoms with van der Waals surface area (Å²) >= 11 is 7.75. The van der Waals surface area contributed by atoms with Crippen molar-refractivity contribution in [2.24, 2.45) is 0 Å². The SMILES string of the molecule is COCCn1c(SCC2COCCO2)nc2cc(Cl)ccc21. The third-order valence-electron chi connectivity index (χ3n) is 3.48. The monoisotopic (exact) mass is 342 g/mol. The number of thioether (sulfide) groups is 1. The number of halogens is 1. The summed E-state index contributed by atoms with van der Waals surface area (Å²) in [5.74, 6) is 0.823. The minimum Gasteiger partial charge on any atom is -0.383 e. The third-order valence-corrected chi connectivity index (χ3v) is 4.82. The molecule has 0 spiro atoms. The molecule has 2 aromatic rings. The number of hydrogen-bond acceptors (Lipinski definition) is 5. The first kappa shape index (κ1) is 16.1. The molecule has 2 heterocycles. The summed E-state index contributed by atoms with van der Waals surface area (Å²) in [5.41, 5.74) is 1.98. The number of nitrogens with zero attached hydrogens (tertiary/aromatic N) is 2. The second-order valence-corrected chi connectivity index (χ2v) is 6.47. The van der Waals surface area contributed by atoms with Crippen LogP contribution in [0.3, 0.4) is 0 Å². The molecule has 1 aliphatic rings. The van der Waals surface area contributed by atoms with Crippen molar-refractivity contribution in [2.75, 3.05) is 39.3 Å². The number of ether oxygens (including phenoxy) is 3. The van der Waals surface area contributed by atoms with Gasteiger partial charge in [0.25, 0.3) is 0 Å². The first-order valence-corrected chi connectivity index (χ1v) is 8.61. The Bertz CT molecular complexity index is 629. The number of imidazole rings is 1. The van der Waals surface area contributed by atoms with E-state index in [9.17, 15) is 0 Å². The molecule has 5 nitrogen and oxygen atoms in total. The lowest BCUT2D eigenvalue weighted by Crippen LogP contribution is -2.30. The van der Waals surface area contributed by atoms with Crippen LogP contribution in [0.5, 0.6) is 0 Å². The van der Waals surface area contributed by atoms with Crippen molar-refractivity contribution >= 4 is 34.4 Å². The summed E-state index contributed by atoms with van der Waals surface area (Å²) in [4.78, 5) is 4.70. The maximum Gasteiger partial charge on any atom is 0.169 e. The highest BCUT2D eigenvalue weighted by Gasteiger charge is 2.17. The predicted octanol–water partition coefficient (Wildman–Crippen LogP) is 2.84. The van der Waals surface area contributed by atoms with E-state index in [0.29, 0.717) is 31.5 Å². The van der Waals surface area contributed by atoms with Crippen molar-refractivity contribution in [3.05, 3.63) is 23.2 Å². The average molecular weight is 343 g/mol. The smallest absolute Gasteiger partial charge is 0.169 e. The van der Waals surface area contributed by atoms with Gasteiger partial charge in [0.1, 0.15) is 0 Å². The van der Waals surface area contributed by atoms with Gasteiger partial charge >= 0.3 is 0 Å². The Balaban J connectivity index is 1.79. The summed E-state index contributed by atoms with van der Waals surface area (Å²) in [6.07, 6.45) is 0.123. The predicted molar refractivity (Wildman–Crippen MR) is 87.9 cm³/mol. The van der Waals surface area contributed by atoms with Crippen LogP contribution in [0.1, 0.15) is 0 Å². The van der Waals surface area contributed by atoms with Crippen LogP contribution in [0, 0.1) is 0 Å². The molecule has 7 heteroatoms. The molecule has 0 N–H and O–H groups in total. The summed E-state index contributed by atoms with van der Waals surface area (Å²) in [6.45, 7) is 3.41. The summed E-state index contributed by atoms with van der Waals surface area (Å²) < 4.78 is 18.5. The van der Waals surface area contributed by atoms with Gasteiger partial charge in [-0.15, -0.1) is 0 Å². The Morgan fingerprint density at radius 2 is 2.36 bits per heavy atom. The van der Waals surface area contributed by atoms with Crippen molar-refractivity contribution < 1.29 is 14.2 Å². The van der Waals surface area contributed by atoms with Gasteiger partial charge in [-0.25, -0.2) is 4.98 Å². The fourth-order valence-electron chi connectivity index (χ4n) is 2.39. The Labute approximate surface area is 138 Å². The zero-order valence-corrected chi connectivity index (χ0v) is 14.0. The van der Waals surface area contributed by atoms with Gasteiger partial charge in [0, 0.05) is 24.4 Å². The van der Waals surface area contributed by atoms with Crippen LogP contribution in [0.25, 0.3) is 11.0 Å². The van der Waals surface area contributed by atoms with Gasteiger partial charge in [-0.3, -0.25) is 0 Å². The molecule has 1 unspecified atom stereocenters. The molecule has 0 aliphatic carbocycles. The number of fused-ring (bicyclic) bond motifs is 1. The van der Waals surface area contributed by atoms with E-state index in [2.05, 4.69) is 4.57 Å². The zero-order valence-electron chi connectivity index (χ0n) is 12.5. The van der Waals surface area contributed by atoms with E-state index in [4.69, 9.17) is 30.8 Å². The van der Waals surface area contributed by atoms with Gasteiger partial charge < -0.3 is 18.8 Å². The third kappa shape index (κ3) is 3.75. The van der Waals surface area contributed by atoms with E-state index in [-0.39, 0.29) is 6.10 Å². The molecule has 1 fully saturated rings. The summed E-state index contributed by atoms with van der Waals surface area (Å²) in [6, 6.07) is 5.79. The van der Waals surface area contributed by atoms with Gasteiger partial charge in [0.15, 0.2) is 5.16 Å². The van der Waals surface area contributed by atoms with E-state index < -0.39 is 0 Å². The highest BCUT2D eigenvalue weighted by Crippen LogP contribution is 2.27. The van der Waals surface area contributed by atoms with E-state index in [1.807, 2.05) is 18.2 Å². The first-order chi connectivity index (χ1) is 10.8. The quantitative estimate of drug-likeness (QED) is 0.755. The highest BCUT2D eigenvalue weighted by molar-refractivity contribution is 7.99. The van der Waals surface area contributed by atoms with Crippen LogP contribution in [0.2, 0.25) is 5.02 Å². The second kappa shape index (κ2) is 7.66. The molecule has 1 atom stereocenters. The molecule has 1 aromatic carbocycles. The van der Waals surface area contributed by atoms with Crippen LogP contribution >= 0.6 is 23.4 Å². The first-order valence-electron chi connectivity index (χ1n) is 7.25. The maximum atomic E-state index is 6.07. The van der Waals surface area contributed by atoms with Gasteiger partial charge in [-0.05, 0) is 18.2 Å². The molecule has 120 valence electrons. The number of methoxy groups -OCH3 is 1. The van der Waals surface area contributed by atoms with Gasteiger partial charge in [0.05, 0.1) is 43.6 Å². The molecule has 0 saturated carbocycles. The van der Waals surface area contributed by atoms with Crippen molar-refractivity contribution in [1.82, 2.24) is 9.55 Å². The topological polar surface area (TPSA) is 45.5 Å². The largest absolute Gasteiger partial charge is 0.383 e. The Morgan fingerprint density at radius 1 is 1.45 bits per heavy atom. The summed E-state index contributed by atoms with van der Waals surface area (Å²) in [5, 5.41) is 1.66. The van der Waals surface area contributed by atoms with Crippen LogP contribution < -0.4 is 0 Å². The number of benzene rings is 1. The van der Waals surface area contributed by atoms with E-state index >= 15 is 0 Å². The average Bonchev–Trinajstić information content (AvgIpc) is 2.88. The molecular weight excluding hydrogens is 324 g/mol. The van der Waals surface area contributed by atoms with Gasteiger partial charge in [0.2, 0.25) is 0 Å². The molecule has 3 rings (SSSR count). The molecular formula is C15H19ClN2O3S. The lowest BCUT2D eigenvalue weighted by molar-refractivity contribution is -0.0776. The van der Waals surface area contributed by atoms with E-state index in [1.54, 1.807) is 18.9 Å². The Kier molecular flexibility index (Phi) is 5.60. The fourth-order valence-corrected chi connectivity index (χ4v) is 3.59. The van der Waals surface area contributed by atoms with Gasteiger partial charge in [-0.1, -0.05) is 23.4 Å². The van der Waals surface area contributed by atoms with Crippen LogP contribution in [0.15, 0.2) is 23.4 Å². The molecule has 0 amide bonds. The molecule has 22 heavy (non-hydrogen) atoms. The molecule has 1 aliphatic heterocycles. The highest BCUT2D eigenvalue weighted by atomic mass is 35.5. The molecule has 1 aromatic heterocycles. The second-order valence-electron chi connectivity index (χ2n) is 5.05. The zero-order chi connectivity index (χ0) is 15.4. The number of aromatic nitrogens is 2. The molecule has 0 radical (unpaired) electrons. The van der Waals surface area contributed by atoms with Crippen molar-refractivity contribution in [3.63, 3.8) is 0 Å². The van der Waals surface area contributed by atoms with E-state index in [0.717, 1.165) is 28.5 Å². The van der Waals surface area contributed by atoms with Crippen LogP contribution in [-0.2, 0) is 20.8 Å². The van der Waals surface area contributed by atoms with Crippen molar-refractivity contribution in [3.8, 4) is 0 Å². The van der Waals surface area contributed by atoms with Crippen LogP contribution in [0.4, 0.5) is 0 Å².